The lowest BCUT2D eigenvalue weighted by molar-refractivity contribution is -0.384. The van der Waals surface area contributed by atoms with Gasteiger partial charge in [0.2, 0.25) is 5.89 Å². The number of amides is 1. The van der Waals surface area contributed by atoms with E-state index < -0.39 is 10.8 Å². The molecule has 10 nitrogen and oxygen atoms in total. The number of hydrogen-bond acceptors (Lipinski definition) is 8. The number of nitrogens with one attached hydrogen (secondary N) is 2. The second-order valence-corrected chi connectivity index (χ2v) is 9.65. The van der Waals surface area contributed by atoms with E-state index in [2.05, 4.69) is 15.6 Å². The molecular formula is C27H25N5O5S. The SMILES string of the molecule is Cc1cc(C)c2oc(-c3cc(NC(=S)NC(=O)c4ccc(N5CCCC5)c([N+](=O)[O-])c4)ccc3O)nc2c1. The maximum Gasteiger partial charge on any atom is 0.293 e. The summed E-state index contributed by atoms with van der Waals surface area (Å²) in [6.07, 6.45) is 1.95. The molecule has 38 heavy (non-hydrogen) atoms. The highest BCUT2D eigenvalue weighted by atomic mass is 32.1. The van der Waals surface area contributed by atoms with E-state index in [9.17, 15) is 20.0 Å². The molecule has 1 amide bonds. The van der Waals surface area contributed by atoms with Crippen LogP contribution in [-0.2, 0) is 0 Å². The summed E-state index contributed by atoms with van der Waals surface area (Å²) in [6, 6.07) is 13.0. The quantitative estimate of drug-likeness (QED) is 0.133. The average molecular weight is 532 g/mol. The first-order valence-corrected chi connectivity index (χ1v) is 12.5. The van der Waals surface area contributed by atoms with Gasteiger partial charge in [-0.2, -0.15) is 0 Å². The smallest absolute Gasteiger partial charge is 0.293 e. The lowest BCUT2D eigenvalue weighted by Gasteiger charge is -2.18. The summed E-state index contributed by atoms with van der Waals surface area (Å²) in [5, 5.41) is 27.6. The van der Waals surface area contributed by atoms with Crippen LogP contribution in [0.2, 0.25) is 0 Å². The minimum atomic E-state index is -0.581. The number of aromatic hydroxyl groups is 1. The third kappa shape index (κ3) is 5.00. The number of oxazole rings is 1. The number of hydrogen-bond donors (Lipinski definition) is 3. The number of carbonyl (C=O) groups excluding carboxylic acids is 1. The van der Waals surface area contributed by atoms with Gasteiger partial charge in [0, 0.05) is 30.4 Å². The zero-order chi connectivity index (χ0) is 27.0. The number of fused-ring (bicyclic) bond motifs is 1. The number of aromatic nitrogens is 1. The largest absolute Gasteiger partial charge is 0.507 e. The van der Waals surface area contributed by atoms with Crippen molar-refractivity contribution in [3.63, 3.8) is 0 Å². The highest BCUT2D eigenvalue weighted by Gasteiger charge is 2.24. The molecule has 194 valence electrons. The molecular weight excluding hydrogens is 506 g/mol. The molecule has 5 rings (SSSR count). The van der Waals surface area contributed by atoms with Gasteiger partial charge in [-0.25, -0.2) is 4.98 Å². The molecule has 1 aliphatic heterocycles. The molecule has 3 N–H and O–H groups in total. The monoisotopic (exact) mass is 531 g/mol. The number of benzene rings is 3. The lowest BCUT2D eigenvalue weighted by atomic mass is 10.1. The van der Waals surface area contributed by atoms with Gasteiger partial charge >= 0.3 is 0 Å². The molecule has 0 saturated carbocycles. The van der Waals surface area contributed by atoms with E-state index in [-0.39, 0.29) is 28.0 Å². The van der Waals surface area contributed by atoms with Crippen LogP contribution in [0.1, 0.15) is 34.3 Å². The van der Waals surface area contributed by atoms with E-state index in [1.165, 1.54) is 12.1 Å². The number of nitrogens with zero attached hydrogens (tertiary/aromatic N) is 3. The highest BCUT2D eigenvalue weighted by Crippen LogP contribution is 2.35. The van der Waals surface area contributed by atoms with E-state index >= 15 is 0 Å². The van der Waals surface area contributed by atoms with Gasteiger partial charge in [0.15, 0.2) is 10.7 Å². The van der Waals surface area contributed by atoms with E-state index in [0.717, 1.165) is 37.1 Å². The van der Waals surface area contributed by atoms with Crippen molar-refractivity contribution >= 4 is 51.4 Å². The zero-order valence-electron chi connectivity index (χ0n) is 20.8. The van der Waals surface area contributed by atoms with Gasteiger partial charge in [0.1, 0.15) is 17.0 Å². The van der Waals surface area contributed by atoms with Crippen LogP contribution in [-0.4, -0.2) is 39.1 Å². The Balaban J connectivity index is 1.33. The Morgan fingerprint density at radius 3 is 2.63 bits per heavy atom. The maximum absolute atomic E-state index is 12.8. The summed E-state index contributed by atoms with van der Waals surface area (Å²) < 4.78 is 5.92. The van der Waals surface area contributed by atoms with E-state index in [1.807, 2.05) is 30.9 Å². The Morgan fingerprint density at radius 1 is 1.13 bits per heavy atom. The number of thiocarbonyl (C=S) groups is 1. The van der Waals surface area contributed by atoms with Crippen LogP contribution < -0.4 is 15.5 Å². The maximum atomic E-state index is 12.8. The van der Waals surface area contributed by atoms with Crippen LogP contribution in [0.15, 0.2) is 52.9 Å². The van der Waals surface area contributed by atoms with E-state index in [4.69, 9.17) is 16.6 Å². The van der Waals surface area contributed by atoms with Crippen LogP contribution in [0.4, 0.5) is 17.1 Å². The number of phenols is 1. The molecule has 11 heteroatoms. The molecule has 0 spiro atoms. The molecule has 1 aliphatic rings. The molecule has 0 atom stereocenters. The summed E-state index contributed by atoms with van der Waals surface area (Å²) in [7, 11) is 0. The number of carbonyl (C=O) groups is 1. The molecule has 1 aromatic heterocycles. The number of anilines is 2. The number of phenolic OH excluding ortho intramolecular Hbond substituents is 1. The average Bonchev–Trinajstić information content (AvgIpc) is 3.55. The molecule has 0 bridgehead atoms. The van der Waals surface area contributed by atoms with Crippen molar-refractivity contribution in [3.8, 4) is 17.2 Å². The molecule has 3 aromatic carbocycles. The Morgan fingerprint density at radius 2 is 1.89 bits per heavy atom. The van der Waals surface area contributed by atoms with Crippen molar-refractivity contribution in [1.82, 2.24) is 10.3 Å². The fourth-order valence-corrected chi connectivity index (χ4v) is 4.86. The Kier molecular flexibility index (Phi) is 6.68. The topological polar surface area (TPSA) is 134 Å². The number of nitro groups is 1. The summed E-state index contributed by atoms with van der Waals surface area (Å²) in [4.78, 5) is 30.5. The summed E-state index contributed by atoms with van der Waals surface area (Å²) >= 11 is 5.30. The van der Waals surface area contributed by atoms with Gasteiger partial charge in [0.25, 0.3) is 11.6 Å². The Labute approximate surface area is 223 Å². The minimum Gasteiger partial charge on any atom is -0.507 e. The van der Waals surface area contributed by atoms with Crippen molar-refractivity contribution in [2.75, 3.05) is 23.3 Å². The first-order chi connectivity index (χ1) is 18.2. The normalized spacial score (nSPS) is 13.1. The number of rotatable bonds is 5. The fourth-order valence-electron chi connectivity index (χ4n) is 4.65. The summed E-state index contributed by atoms with van der Waals surface area (Å²) in [5.74, 6) is -0.366. The number of nitro benzene ring substituents is 1. The molecule has 2 heterocycles. The summed E-state index contributed by atoms with van der Waals surface area (Å²) in [6.45, 7) is 5.39. The molecule has 1 saturated heterocycles. The standard InChI is InChI=1S/C27H25N5O5S/c1-15-11-16(2)24-20(12-15)29-26(37-24)19-14-18(6-8-23(19)33)28-27(38)30-25(34)17-5-7-21(22(13-17)32(35)36)31-9-3-4-10-31/h5-8,11-14,33H,3-4,9-10H2,1-2H3,(H2,28,30,34,38). The van der Waals surface area contributed by atoms with Gasteiger partial charge in [-0.1, -0.05) is 6.07 Å². The third-order valence-corrected chi connectivity index (χ3v) is 6.62. The second-order valence-electron chi connectivity index (χ2n) is 9.24. The van der Waals surface area contributed by atoms with Gasteiger partial charge in [-0.15, -0.1) is 0 Å². The highest BCUT2D eigenvalue weighted by molar-refractivity contribution is 7.80. The molecule has 0 radical (unpaired) electrons. The Hall–Kier alpha value is -4.51. The van der Waals surface area contributed by atoms with Crippen LogP contribution in [0.25, 0.3) is 22.6 Å². The van der Waals surface area contributed by atoms with Crippen molar-refractivity contribution in [3.05, 3.63) is 75.3 Å². The molecule has 0 aliphatic carbocycles. The predicted octanol–water partition coefficient (Wildman–Crippen LogP) is 5.45. The van der Waals surface area contributed by atoms with Crippen molar-refractivity contribution in [2.45, 2.75) is 26.7 Å². The van der Waals surface area contributed by atoms with Crippen LogP contribution in [0, 0.1) is 24.0 Å². The van der Waals surface area contributed by atoms with E-state index in [1.54, 1.807) is 24.3 Å². The third-order valence-electron chi connectivity index (χ3n) is 6.41. The first kappa shape index (κ1) is 25.2. The molecule has 0 unspecified atom stereocenters. The van der Waals surface area contributed by atoms with Crippen LogP contribution in [0.3, 0.4) is 0 Å². The minimum absolute atomic E-state index is 0.0121. The van der Waals surface area contributed by atoms with Crippen molar-refractivity contribution in [2.24, 2.45) is 0 Å². The van der Waals surface area contributed by atoms with Crippen molar-refractivity contribution < 1.29 is 19.2 Å². The van der Waals surface area contributed by atoms with Crippen LogP contribution >= 0.6 is 12.2 Å². The lowest BCUT2D eigenvalue weighted by Crippen LogP contribution is -2.34. The van der Waals surface area contributed by atoms with Gasteiger partial charge in [-0.3, -0.25) is 20.2 Å². The second kappa shape index (κ2) is 10.1. The Bertz CT molecular complexity index is 1590. The zero-order valence-corrected chi connectivity index (χ0v) is 21.6. The fraction of sp³-hybridized carbons (Fsp3) is 0.222. The van der Waals surface area contributed by atoms with Gasteiger partial charge in [0.05, 0.1) is 10.5 Å². The van der Waals surface area contributed by atoms with Crippen molar-refractivity contribution in [1.29, 1.82) is 0 Å². The first-order valence-electron chi connectivity index (χ1n) is 12.1. The van der Waals surface area contributed by atoms with Gasteiger partial charge in [-0.05, 0) is 86.4 Å². The summed E-state index contributed by atoms with van der Waals surface area (Å²) in [5.41, 5.74) is 4.64. The van der Waals surface area contributed by atoms with Gasteiger partial charge < -0.3 is 19.7 Å². The number of aryl methyl sites for hydroxylation is 2. The van der Waals surface area contributed by atoms with Crippen LogP contribution in [0.5, 0.6) is 5.75 Å². The predicted molar refractivity (Wildman–Crippen MR) is 149 cm³/mol. The van der Waals surface area contributed by atoms with E-state index in [0.29, 0.717) is 28.0 Å². The molecule has 1 fully saturated rings. The molecule has 4 aromatic rings.